The topological polar surface area (TPSA) is 171 Å². The molecule has 342 valence electrons. The molecule has 2 heterocycles. The zero-order chi connectivity index (χ0) is 43.3. The van der Waals surface area contributed by atoms with Gasteiger partial charge >= 0.3 is 24.0 Å². The van der Waals surface area contributed by atoms with Crippen molar-refractivity contribution >= 4 is 24.0 Å². The highest BCUT2D eigenvalue weighted by Gasteiger charge is 2.71. The average molecular weight is 898 g/mol. The average Bonchev–Trinajstić information content (AvgIpc) is 3.57. The summed E-state index contributed by atoms with van der Waals surface area (Å²) in [6, 6.07) is 6.33. The number of ether oxygens (including phenoxy) is 2. The van der Waals surface area contributed by atoms with E-state index < -0.39 is 12.1 Å². The molecule has 5 fully saturated rings. The Balaban J connectivity index is 0.00000363. The Morgan fingerprint density at radius 3 is 1.92 bits per heavy atom. The van der Waals surface area contributed by atoms with Gasteiger partial charge in [-0.25, -0.2) is 19.2 Å². The maximum absolute atomic E-state index is 13.5. The molecule has 0 spiro atoms. The molecule has 6 N–H and O–H groups in total. The maximum Gasteiger partial charge on any atom is 0.372 e. The molecule has 5 aliphatic carbocycles. The van der Waals surface area contributed by atoms with Crippen LogP contribution in [-0.2, 0) is 45.2 Å². The van der Waals surface area contributed by atoms with Crippen LogP contribution in [0, 0.1) is 56.7 Å². The van der Waals surface area contributed by atoms with Crippen molar-refractivity contribution in [2.24, 2.45) is 68.1 Å². The van der Waals surface area contributed by atoms with Crippen LogP contribution in [0.1, 0.15) is 117 Å². The maximum atomic E-state index is 13.5. The molecular formula is C48H70Cl2N6O6. The normalized spacial score (nSPS) is 33.9. The summed E-state index contributed by atoms with van der Waals surface area (Å²) in [5.74, 6) is 1.87. The van der Waals surface area contributed by atoms with E-state index in [9.17, 15) is 19.2 Å². The fourth-order valence-corrected chi connectivity index (χ4v) is 14.4. The van der Waals surface area contributed by atoms with Gasteiger partial charge in [-0.1, -0.05) is 46.8 Å². The van der Waals surface area contributed by atoms with Crippen molar-refractivity contribution in [3.63, 3.8) is 0 Å². The van der Waals surface area contributed by atoms with Gasteiger partial charge in [0.15, 0.2) is 24.8 Å². The quantitative estimate of drug-likeness (QED) is 0.137. The summed E-state index contributed by atoms with van der Waals surface area (Å²) < 4.78 is 16.3. The van der Waals surface area contributed by atoms with Gasteiger partial charge in [0.05, 0.1) is 19.7 Å². The Morgan fingerprint density at radius 2 is 1.34 bits per heavy atom. The largest absolute Gasteiger partial charge is 1.00 e. The van der Waals surface area contributed by atoms with Crippen molar-refractivity contribution in [1.29, 1.82) is 0 Å². The van der Waals surface area contributed by atoms with E-state index in [-0.39, 0.29) is 83.0 Å². The number of aromatic nitrogens is 2. The van der Waals surface area contributed by atoms with E-state index in [4.69, 9.17) is 20.9 Å². The Morgan fingerprint density at radius 1 is 0.742 bits per heavy atom. The lowest BCUT2D eigenvalue weighted by atomic mass is 9.32. The van der Waals surface area contributed by atoms with Crippen LogP contribution in [-0.4, -0.2) is 36.7 Å². The third kappa shape index (κ3) is 9.06. The molecule has 12 nitrogen and oxygen atoms in total. The number of halogens is 2. The van der Waals surface area contributed by atoms with Crippen molar-refractivity contribution in [3.05, 3.63) is 72.3 Å². The second kappa shape index (κ2) is 18.7. The molecule has 5 saturated carbocycles. The highest BCUT2D eigenvalue weighted by molar-refractivity contribution is 5.72. The first-order valence-corrected chi connectivity index (χ1v) is 22.3. The van der Waals surface area contributed by atoms with Gasteiger partial charge in [-0.15, -0.1) is 0 Å². The molecule has 7 rings (SSSR count). The van der Waals surface area contributed by atoms with E-state index in [1.807, 2.05) is 58.2 Å². The number of amides is 4. The molecular weight excluding hydrogens is 827 g/mol. The number of primary amides is 2. The van der Waals surface area contributed by atoms with Gasteiger partial charge in [-0.05, 0) is 129 Å². The SMILES string of the molecule is C=C(C)[C@@H]1CCC2(COC(=O)C[n+]3cccc(CNC(N)=O)c3)CC[C@]3(C)C(CCC4[C@@]5(C)CC[C@H](OC(=O)C[n+]6cccc(CNC(N)=O)c6)C(C)(C)C5CC[C@]43C)C12.[Cl-].[Cl-]. The van der Waals surface area contributed by atoms with Crippen LogP contribution in [0.15, 0.2) is 61.2 Å². The van der Waals surface area contributed by atoms with E-state index in [1.54, 1.807) is 0 Å². The van der Waals surface area contributed by atoms with Crippen LogP contribution < -0.4 is 56.0 Å². The van der Waals surface area contributed by atoms with E-state index in [0.29, 0.717) is 49.3 Å². The Labute approximate surface area is 380 Å². The van der Waals surface area contributed by atoms with Gasteiger partial charge in [0.25, 0.3) is 0 Å². The summed E-state index contributed by atoms with van der Waals surface area (Å²) >= 11 is 0. The van der Waals surface area contributed by atoms with Crippen LogP contribution in [0.25, 0.3) is 0 Å². The first-order valence-electron chi connectivity index (χ1n) is 22.3. The minimum Gasteiger partial charge on any atom is -1.00 e. The third-order valence-electron chi connectivity index (χ3n) is 17.4. The second-order valence-electron chi connectivity index (χ2n) is 20.8. The van der Waals surface area contributed by atoms with Crippen molar-refractivity contribution < 1.29 is 62.6 Å². The minimum absolute atomic E-state index is 0. The summed E-state index contributed by atoms with van der Waals surface area (Å²) in [5.41, 5.74) is 13.7. The van der Waals surface area contributed by atoms with Crippen LogP contribution in [0.2, 0.25) is 0 Å². The van der Waals surface area contributed by atoms with Crippen molar-refractivity contribution in [1.82, 2.24) is 10.6 Å². The Kier molecular flexibility index (Phi) is 14.8. The highest BCUT2D eigenvalue weighted by Crippen LogP contribution is 2.77. The van der Waals surface area contributed by atoms with Crippen LogP contribution in [0.4, 0.5) is 9.59 Å². The first kappa shape index (κ1) is 49.1. The number of nitrogens with two attached hydrogens (primary N) is 2. The zero-order valence-corrected chi connectivity index (χ0v) is 39.2. The number of fused-ring (bicyclic) bond motifs is 7. The number of rotatable bonds is 12. The molecule has 2 aromatic rings. The molecule has 0 aliphatic heterocycles. The minimum atomic E-state index is -0.586. The fraction of sp³-hybridized carbons (Fsp3) is 0.667. The van der Waals surface area contributed by atoms with Crippen molar-refractivity contribution in [2.75, 3.05) is 6.61 Å². The number of hydrogen-bond acceptors (Lipinski definition) is 6. The smallest absolute Gasteiger partial charge is 0.372 e. The van der Waals surface area contributed by atoms with Gasteiger partial charge < -0.3 is 56.4 Å². The summed E-state index contributed by atoms with van der Waals surface area (Å²) in [6.45, 7) is 20.5. The number of hydrogen-bond donors (Lipinski definition) is 4. The van der Waals surface area contributed by atoms with Gasteiger partial charge in [0.1, 0.15) is 6.10 Å². The third-order valence-corrected chi connectivity index (χ3v) is 17.4. The molecule has 62 heavy (non-hydrogen) atoms. The van der Waals surface area contributed by atoms with Gasteiger partial charge in [0, 0.05) is 34.1 Å². The molecule has 0 radical (unpaired) electrons. The number of nitrogens with zero attached hydrogens (tertiary/aromatic N) is 2. The van der Waals surface area contributed by atoms with Crippen molar-refractivity contribution in [2.45, 2.75) is 138 Å². The van der Waals surface area contributed by atoms with Gasteiger partial charge in [0.2, 0.25) is 13.1 Å². The first-order chi connectivity index (χ1) is 28.3. The lowest BCUT2D eigenvalue weighted by Gasteiger charge is -2.73. The molecule has 10 atom stereocenters. The molecule has 5 unspecified atom stereocenters. The number of allylic oxidation sites excluding steroid dienone is 1. The number of carbonyl (C=O) groups is 4. The molecule has 0 bridgehead atoms. The summed E-state index contributed by atoms with van der Waals surface area (Å²) in [4.78, 5) is 49.4. The predicted octanol–water partition coefficient (Wildman–Crippen LogP) is 0.419. The van der Waals surface area contributed by atoms with E-state index in [0.717, 1.165) is 62.5 Å². The Bertz CT molecular complexity index is 2020. The predicted molar refractivity (Wildman–Crippen MR) is 226 cm³/mol. The van der Waals surface area contributed by atoms with Crippen molar-refractivity contribution in [3.8, 4) is 0 Å². The monoisotopic (exact) mass is 896 g/mol. The van der Waals surface area contributed by atoms with E-state index in [1.165, 1.54) is 18.4 Å². The molecule has 0 aromatic carbocycles. The zero-order valence-electron chi connectivity index (χ0n) is 37.7. The Hall–Kier alpha value is -3.90. The van der Waals surface area contributed by atoms with Crippen LogP contribution in [0.3, 0.4) is 0 Å². The highest BCUT2D eigenvalue weighted by atomic mass is 35.5. The summed E-state index contributed by atoms with van der Waals surface area (Å²) in [7, 11) is 0. The number of carbonyl (C=O) groups excluding carboxylic acids is 4. The van der Waals surface area contributed by atoms with E-state index in [2.05, 4.69) is 58.8 Å². The standard InChI is InChI=1S/C48H68N6O6.2ClH/c1-31(2)34-14-19-48(30-59-39(55)28-53-22-8-10-32(26-53)24-51-42(49)57)21-20-46(6)35(41(34)48)12-13-37-45(5)17-16-38(44(3,4)36(45)15-18-47(37,46)7)60-40(56)29-54-23-9-11-33(27-54)25-52-43(50)58;;/h8-11,22-23,26-27,34-38,41H,1,12-21,24-25,28-30H2,2-7H3,(H4-2,49,50,51,52,57,58);2*1H/t34-,35?,36?,37?,38-,41?,45-,46+,47+,48?;;/m0../s1. The number of urea groups is 2. The molecule has 2 aromatic heterocycles. The number of nitrogens with one attached hydrogen (secondary N) is 2. The lowest BCUT2D eigenvalue weighted by molar-refractivity contribution is -0.686. The number of pyridine rings is 2. The summed E-state index contributed by atoms with van der Waals surface area (Å²) in [5, 5.41) is 5.22. The molecule has 5 aliphatic rings. The fourth-order valence-electron chi connectivity index (χ4n) is 14.4. The second-order valence-corrected chi connectivity index (χ2v) is 20.8. The molecule has 0 saturated heterocycles. The van der Waals surface area contributed by atoms with Crippen LogP contribution in [0.5, 0.6) is 0 Å². The number of esters is 2. The van der Waals surface area contributed by atoms with Gasteiger partial charge in [-0.3, -0.25) is 0 Å². The lowest BCUT2D eigenvalue weighted by Crippen LogP contribution is -3.00. The molecule has 4 amide bonds. The van der Waals surface area contributed by atoms with Gasteiger partial charge in [-0.2, -0.15) is 9.13 Å². The van der Waals surface area contributed by atoms with Crippen LogP contribution >= 0.6 is 0 Å². The summed E-state index contributed by atoms with van der Waals surface area (Å²) in [6.07, 6.45) is 18.1. The van der Waals surface area contributed by atoms with E-state index >= 15 is 0 Å². The molecule has 14 heteroatoms.